The summed E-state index contributed by atoms with van der Waals surface area (Å²) >= 11 is 7.10. The van der Waals surface area contributed by atoms with E-state index >= 15 is 0 Å². The van der Waals surface area contributed by atoms with Crippen LogP contribution in [0.15, 0.2) is 69.1 Å². The van der Waals surface area contributed by atoms with Gasteiger partial charge in [-0.05, 0) is 79.4 Å². The molecule has 1 N–H and O–H groups in total. The molecule has 0 aliphatic carbocycles. The molecule has 2 amide bonds. The lowest BCUT2D eigenvalue weighted by Crippen LogP contribution is -2.35. The molecule has 178 valence electrons. The predicted octanol–water partition coefficient (Wildman–Crippen LogP) is 4.99. The van der Waals surface area contributed by atoms with Gasteiger partial charge in [-0.25, -0.2) is 5.01 Å². The fourth-order valence-electron chi connectivity index (χ4n) is 3.65. The number of hydrazine groups is 1. The summed E-state index contributed by atoms with van der Waals surface area (Å²) in [5.41, 5.74) is 4.62. The molecule has 10 heteroatoms. The molecule has 2 heterocycles. The molecule has 0 bridgehead atoms. The molecule has 8 nitrogen and oxygen atoms in total. The van der Waals surface area contributed by atoms with E-state index in [-0.39, 0.29) is 19.0 Å². The summed E-state index contributed by atoms with van der Waals surface area (Å²) in [6.45, 7) is 0.456. The van der Waals surface area contributed by atoms with Crippen molar-refractivity contribution in [2.24, 2.45) is 0 Å². The van der Waals surface area contributed by atoms with Crippen molar-refractivity contribution >= 4 is 55.4 Å². The molecular formula is C25H18Br2N2O6. The monoisotopic (exact) mass is 600 g/mol. The molecule has 1 fully saturated rings. The number of nitrogens with zero attached hydrogens (tertiary/aromatic N) is 1. The number of benzene rings is 3. The Bertz CT molecular complexity index is 1360. The van der Waals surface area contributed by atoms with Gasteiger partial charge in [-0.15, -0.1) is 0 Å². The third-order valence-corrected chi connectivity index (χ3v) is 7.54. The van der Waals surface area contributed by atoms with E-state index in [0.717, 1.165) is 5.56 Å². The summed E-state index contributed by atoms with van der Waals surface area (Å²) in [5, 5.41) is 1.22. The molecule has 3 aromatic carbocycles. The second-order valence-corrected chi connectivity index (χ2v) is 9.16. The zero-order valence-electron chi connectivity index (χ0n) is 18.3. The van der Waals surface area contributed by atoms with E-state index in [1.807, 2.05) is 24.3 Å². The van der Waals surface area contributed by atoms with Gasteiger partial charge in [0.2, 0.25) is 6.79 Å². The van der Waals surface area contributed by atoms with Gasteiger partial charge in [0.15, 0.2) is 23.0 Å². The number of rotatable bonds is 6. The molecule has 0 aromatic heterocycles. The van der Waals surface area contributed by atoms with Crippen molar-refractivity contribution in [1.82, 2.24) is 5.43 Å². The summed E-state index contributed by atoms with van der Waals surface area (Å²) in [6, 6.07) is 16.2. The maximum Gasteiger partial charge on any atom is 0.282 e. The first-order valence-electron chi connectivity index (χ1n) is 10.5. The Kier molecular flexibility index (Phi) is 6.40. The highest BCUT2D eigenvalue weighted by atomic mass is 79.9. The van der Waals surface area contributed by atoms with Gasteiger partial charge in [-0.2, -0.15) is 0 Å². The third-order valence-electron chi connectivity index (χ3n) is 5.40. The van der Waals surface area contributed by atoms with Gasteiger partial charge in [-0.3, -0.25) is 15.0 Å². The van der Waals surface area contributed by atoms with E-state index in [0.29, 0.717) is 43.2 Å². The number of ether oxygens (including phenoxy) is 4. The Morgan fingerprint density at radius 1 is 1.03 bits per heavy atom. The number of halogens is 2. The molecule has 0 saturated carbocycles. The largest absolute Gasteiger partial charge is 0.493 e. The molecule has 0 spiro atoms. The summed E-state index contributed by atoms with van der Waals surface area (Å²) < 4.78 is 23.5. The van der Waals surface area contributed by atoms with Crippen molar-refractivity contribution in [2.75, 3.05) is 18.9 Å². The molecule has 0 radical (unpaired) electrons. The lowest BCUT2D eigenvalue weighted by Gasteiger charge is -2.16. The Balaban J connectivity index is 1.42. The maximum atomic E-state index is 13.0. The lowest BCUT2D eigenvalue weighted by atomic mass is 10.1. The SMILES string of the molecule is COc1cc(/C=C2/C(=O)NN(c3ccccc3)C2=O)c(Br)c(Br)c1OCc1ccc2c(c1)OCO2. The van der Waals surface area contributed by atoms with E-state index in [9.17, 15) is 9.59 Å². The van der Waals surface area contributed by atoms with E-state index in [1.165, 1.54) is 18.2 Å². The van der Waals surface area contributed by atoms with Crippen LogP contribution in [0.3, 0.4) is 0 Å². The van der Waals surface area contributed by atoms with Crippen LogP contribution in [0, 0.1) is 0 Å². The van der Waals surface area contributed by atoms with Crippen molar-refractivity contribution in [3.8, 4) is 23.0 Å². The van der Waals surface area contributed by atoms with Gasteiger partial charge in [0.25, 0.3) is 11.8 Å². The number of carbonyl (C=O) groups excluding carboxylic acids is 2. The minimum Gasteiger partial charge on any atom is -0.493 e. The van der Waals surface area contributed by atoms with Crippen molar-refractivity contribution in [3.05, 3.63) is 80.2 Å². The first-order chi connectivity index (χ1) is 17.0. The minimum absolute atomic E-state index is 0.00228. The third kappa shape index (κ3) is 4.46. The highest BCUT2D eigenvalue weighted by Gasteiger charge is 2.34. The molecular weight excluding hydrogens is 584 g/mol. The second-order valence-electron chi connectivity index (χ2n) is 7.58. The number of hydrogen-bond acceptors (Lipinski definition) is 6. The quantitative estimate of drug-likeness (QED) is 0.316. The number of carbonyl (C=O) groups is 2. The summed E-state index contributed by atoms with van der Waals surface area (Å²) in [5.74, 6) is 1.31. The topological polar surface area (TPSA) is 86.3 Å². The molecule has 2 aliphatic rings. The number of amides is 2. The number of anilines is 1. The Morgan fingerprint density at radius 3 is 2.57 bits per heavy atom. The second kappa shape index (κ2) is 9.63. The highest BCUT2D eigenvalue weighted by Crippen LogP contribution is 2.44. The van der Waals surface area contributed by atoms with Crippen LogP contribution in [0.2, 0.25) is 0 Å². The summed E-state index contributed by atoms with van der Waals surface area (Å²) in [7, 11) is 1.52. The number of methoxy groups -OCH3 is 1. The van der Waals surface area contributed by atoms with Crippen LogP contribution >= 0.6 is 31.9 Å². The molecule has 3 aromatic rings. The Morgan fingerprint density at radius 2 is 1.80 bits per heavy atom. The number of fused-ring (bicyclic) bond motifs is 1. The molecule has 1 saturated heterocycles. The van der Waals surface area contributed by atoms with Gasteiger partial charge in [-0.1, -0.05) is 24.3 Å². The number of nitrogens with one attached hydrogen (secondary N) is 1. The van der Waals surface area contributed by atoms with Crippen molar-refractivity contribution in [2.45, 2.75) is 6.61 Å². The van der Waals surface area contributed by atoms with Gasteiger partial charge in [0.05, 0.1) is 17.3 Å². The molecule has 5 rings (SSSR count). The molecule has 0 unspecified atom stereocenters. The average molecular weight is 602 g/mol. The Hall–Kier alpha value is -3.50. The zero-order chi connectivity index (χ0) is 24.5. The molecule has 0 atom stereocenters. The highest BCUT2D eigenvalue weighted by molar-refractivity contribution is 9.13. The van der Waals surface area contributed by atoms with Crippen molar-refractivity contribution < 1.29 is 28.5 Å². The number of hydrogen-bond donors (Lipinski definition) is 1. The average Bonchev–Trinajstić information content (AvgIpc) is 3.45. The first-order valence-corrected chi connectivity index (χ1v) is 12.0. The summed E-state index contributed by atoms with van der Waals surface area (Å²) in [6.07, 6.45) is 1.51. The Labute approximate surface area is 217 Å². The van der Waals surface area contributed by atoms with Crippen LogP contribution in [0.1, 0.15) is 11.1 Å². The molecule has 35 heavy (non-hydrogen) atoms. The number of para-hydroxylation sites is 1. The van der Waals surface area contributed by atoms with Gasteiger partial charge in [0.1, 0.15) is 12.2 Å². The van der Waals surface area contributed by atoms with Gasteiger partial charge >= 0.3 is 0 Å². The van der Waals surface area contributed by atoms with E-state index in [4.69, 9.17) is 18.9 Å². The molecule has 2 aliphatic heterocycles. The van der Waals surface area contributed by atoms with Crippen LogP contribution in [0.5, 0.6) is 23.0 Å². The van der Waals surface area contributed by atoms with Crippen LogP contribution in [0.4, 0.5) is 5.69 Å². The normalized spacial score (nSPS) is 15.5. The zero-order valence-corrected chi connectivity index (χ0v) is 21.5. The van der Waals surface area contributed by atoms with Crippen molar-refractivity contribution in [3.63, 3.8) is 0 Å². The van der Waals surface area contributed by atoms with Crippen molar-refractivity contribution in [1.29, 1.82) is 0 Å². The standard InChI is InChI=1S/C25H18Br2N2O6/c1-32-20-11-15(10-17-24(30)28-29(25(17)31)16-5-3-2-4-6-16)21(26)22(27)23(20)33-12-14-7-8-18-19(9-14)35-13-34-18/h2-11H,12-13H2,1H3,(H,28,30)/b17-10-. The van der Waals surface area contributed by atoms with Crippen LogP contribution in [0.25, 0.3) is 6.08 Å². The summed E-state index contributed by atoms with van der Waals surface area (Å²) in [4.78, 5) is 25.5. The van der Waals surface area contributed by atoms with Crippen LogP contribution in [-0.4, -0.2) is 25.7 Å². The van der Waals surface area contributed by atoms with Crippen LogP contribution in [-0.2, 0) is 16.2 Å². The van der Waals surface area contributed by atoms with Crippen LogP contribution < -0.4 is 29.4 Å². The predicted molar refractivity (Wildman–Crippen MR) is 135 cm³/mol. The fraction of sp³-hybridized carbons (Fsp3) is 0.120. The van der Waals surface area contributed by atoms with Gasteiger partial charge in [0, 0.05) is 4.47 Å². The van der Waals surface area contributed by atoms with E-state index in [1.54, 1.807) is 30.3 Å². The van der Waals surface area contributed by atoms with E-state index in [2.05, 4.69) is 37.3 Å². The first kappa shape index (κ1) is 23.3. The van der Waals surface area contributed by atoms with E-state index < -0.39 is 11.8 Å². The maximum absolute atomic E-state index is 13.0. The fourth-order valence-corrected chi connectivity index (χ4v) is 4.60. The lowest BCUT2D eigenvalue weighted by molar-refractivity contribution is -0.117. The minimum atomic E-state index is -0.496. The van der Waals surface area contributed by atoms with Gasteiger partial charge < -0.3 is 18.9 Å². The smallest absolute Gasteiger partial charge is 0.282 e.